The summed E-state index contributed by atoms with van der Waals surface area (Å²) in [4.78, 5) is 6.32. The van der Waals surface area contributed by atoms with Crippen molar-refractivity contribution in [3.05, 3.63) is 11.9 Å². The van der Waals surface area contributed by atoms with Gasteiger partial charge in [-0.15, -0.1) is 5.92 Å². The molecule has 4 nitrogen and oxygen atoms in total. The summed E-state index contributed by atoms with van der Waals surface area (Å²) in [5, 5.41) is 3.24. The van der Waals surface area contributed by atoms with Crippen LogP contribution < -0.4 is 10.2 Å². The Bertz CT molecular complexity index is 368. The van der Waals surface area contributed by atoms with Gasteiger partial charge >= 0.3 is 0 Å². The fraction of sp³-hybridized carbons (Fsp3) is 0.545. The van der Waals surface area contributed by atoms with Gasteiger partial charge in [0.2, 0.25) is 5.95 Å². The standard InChI is InChI=1S/C11H18N4/c1-5-6-7-12-8-10-9-13-11(14(2)3)15(10)4/h9,12H,7-8H2,1-4H3. The van der Waals surface area contributed by atoms with E-state index in [1.165, 1.54) is 0 Å². The van der Waals surface area contributed by atoms with Crippen LogP contribution in [-0.4, -0.2) is 30.2 Å². The number of nitrogens with zero attached hydrogens (tertiary/aromatic N) is 3. The number of imidazole rings is 1. The fourth-order valence-electron chi connectivity index (χ4n) is 1.36. The summed E-state index contributed by atoms with van der Waals surface area (Å²) in [5.41, 5.74) is 1.16. The maximum atomic E-state index is 4.33. The van der Waals surface area contributed by atoms with E-state index in [4.69, 9.17) is 0 Å². The first-order valence-electron chi connectivity index (χ1n) is 4.95. The second-order valence-corrected chi connectivity index (χ2v) is 3.53. The van der Waals surface area contributed by atoms with E-state index in [1.54, 1.807) is 0 Å². The van der Waals surface area contributed by atoms with Crippen molar-refractivity contribution in [2.45, 2.75) is 13.5 Å². The highest BCUT2D eigenvalue weighted by Crippen LogP contribution is 2.10. The van der Waals surface area contributed by atoms with Crippen LogP contribution >= 0.6 is 0 Å². The van der Waals surface area contributed by atoms with Crippen molar-refractivity contribution >= 4 is 5.95 Å². The average Bonchev–Trinajstić information content (AvgIpc) is 2.55. The molecule has 0 saturated heterocycles. The molecule has 0 saturated carbocycles. The summed E-state index contributed by atoms with van der Waals surface area (Å²) in [7, 11) is 6.00. The van der Waals surface area contributed by atoms with E-state index in [0.717, 1.165) is 24.7 Å². The van der Waals surface area contributed by atoms with E-state index >= 15 is 0 Å². The van der Waals surface area contributed by atoms with Gasteiger partial charge in [0.1, 0.15) is 0 Å². The first kappa shape index (κ1) is 11.6. The second-order valence-electron chi connectivity index (χ2n) is 3.53. The smallest absolute Gasteiger partial charge is 0.204 e. The summed E-state index contributed by atoms with van der Waals surface area (Å²) in [6.07, 6.45) is 1.89. The van der Waals surface area contributed by atoms with Crippen molar-refractivity contribution < 1.29 is 0 Å². The van der Waals surface area contributed by atoms with Crippen molar-refractivity contribution in [3.63, 3.8) is 0 Å². The first-order chi connectivity index (χ1) is 7.16. The second kappa shape index (κ2) is 5.42. The molecule has 0 bridgehead atoms. The van der Waals surface area contributed by atoms with E-state index in [2.05, 4.69) is 26.7 Å². The molecule has 0 atom stereocenters. The van der Waals surface area contributed by atoms with Gasteiger partial charge in [0.15, 0.2) is 0 Å². The lowest BCUT2D eigenvalue weighted by Crippen LogP contribution is -2.18. The Morgan fingerprint density at radius 1 is 1.53 bits per heavy atom. The van der Waals surface area contributed by atoms with Crippen LogP contribution in [0.15, 0.2) is 6.20 Å². The maximum Gasteiger partial charge on any atom is 0.204 e. The third-order valence-electron chi connectivity index (χ3n) is 2.16. The van der Waals surface area contributed by atoms with Gasteiger partial charge in [0.25, 0.3) is 0 Å². The maximum absolute atomic E-state index is 4.33. The molecule has 0 amide bonds. The number of rotatable bonds is 4. The Labute approximate surface area is 91.3 Å². The van der Waals surface area contributed by atoms with Crippen LogP contribution in [0, 0.1) is 11.8 Å². The molecule has 0 aliphatic heterocycles. The van der Waals surface area contributed by atoms with E-state index in [9.17, 15) is 0 Å². The van der Waals surface area contributed by atoms with Gasteiger partial charge in [-0.05, 0) is 6.92 Å². The van der Waals surface area contributed by atoms with E-state index in [-0.39, 0.29) is 0 Å². The van der Waals surface area contributed by atoms with Crippen LogP contribution in [0.25, 0.3) is 0 Å². The molecular weight excluding hydrogens is 188 g/mol. The molecule has 0 radical (unpaired) electrons. The normalized spacial score (nSPS) is 9.60. The van der Waals surface area contributed by atoms with Crippen molar-refractivity contribution in [2.24, 2.45) is 7.05 Å². The van der Waals surface area contributed by atoms with Gasteiger partial charge in [0.05, 0.1) is 18.4 Å². The molecule has 1 N–H and O–H groups in total. The van der Waals surface area contributed by atoms with E-state index < -0.39 is 0 Å². The van der Waals surface area contributed by atoms with Gasteiger partial charge < -0.3 is 14.8 Å². The largest absolute Gasteiger partial charge is 0.348 e. The summed E-state index contributed by atoms with van der Waals surface area (Å²) in [6, 6.07) is 0. The molecule has 0 aliphatic rings. The Hall–Kier alpha value is -1.47. The zero-order chi connectivity index (χ0) is 11.3. The van der Waals surface area contributed by atoms with Crippen LogP contribution in [-0.2, 0) is 13.6 Å². The lowest BCUT2D eigenvalue weighted by molar-refractivity contribution is 0.704. The third-order valence-corrected chi connectivity index (χ3v) is 2.16. The van der Waals surface area contributed by atoms with Gasteiger partial charge in [0, 0.05) is 27.7 Å². The SMILES string of the molecule is CC#CCNCc1cnc(N(C)C)n1C. The predicted molar refractivity (Wildman–Crippen MR) is 62.7 cm³/mol. The number of nitrogens with one attached hydrogen (secondary N) is 1. The minimum Gasteiger partial charge on any atom is -0.348 e. The lowest BCUT2D eigenvalue weighted by Gasteiger charge is -2.12. The Morgan fingerprint density at radius 3 is 2.80 bits per heavy atom. The molecule has 0 aromatic carbocycles. The number of hydrogen-bond acceptors (Lipinski definition) is 3. The first-order valence-corrected chi connectivity index (χ1v) is 4.95. The van der Waals surface area contributed by atoms with Crippen LogP contribution in [0.5, 0.6) is 0 Å². The minimum atomic E-state index is 0.721. The lowest BCUT2D eigenvalue weighted by atomic mass is 10.4. The van der Waals surface area contributed by atoms with Crippen molar-refractivity contribution in [1.29, 1.82) is 0 Å². The van der Waals surface area contributed by atoms with Gasteiger partial charge in [-0.1, -0.05) is 5.92 Å². The number of hydrogen-bond donors (Lipinski definition) is 1. The number of anilines is 1. The fourth-order valence-corrected chi connectivity index (χ4v) is 1.36. The zero-order valence-electron chi connectivity index (χ0n) is 9.83. The molecule has 1 aromatic rings. The predicted octanol–water partition coefficient (Wildman–Crippen LogP) is 0.599. The minimum absolute atomic E-state index is 0.721. The van der Waals surface area contributed by atoms with Crippen LogP contribution in [0.1, 0.15) is 12.6 Å². The molecule has 1 rings (SSSR count). The molecule has 0 aliphatic carbocycles. The van der Waals surface area contributed by atoms with Crippen molar-refractivity contribution in [3.8, 4) is 11.8 Å². The summed E-state index contributed by atoms with van der Waals surface area (Å²) in [6.45, 7) is 3.36. The summed E-state index contributed by atoms with van der Waals surface area (Å²) < 4.78 is 2.08. The number of aromatic nitrogens is 2. The van der Waals surface area contributed by atoms with E-state index in [0.29, 0.717) is 0 Å². The monoisotopic (exact) mass is 206 g/mol. The zero-order valence-corrected chi connectivity index (χ0v) is 9.83. The molecule has 0 unspecified atom stereocenters. The average molecular weight is 206 g/mol. The molecule has 0 fully saturated rings. The van der Waals surface area contributed by atoms with Gasteiger partial charge in [-0.2, -0.15) is 0 Å². The molecule has 4 heteroatoms. The molecule has 1 heterocycles. The van der Waals surface area contributed by atoms with Crippen LogP contribution in [0.3, 0.4) is 0 Å². The Morgan fingerprint density at radius 2 is 2.27 bits per heavy atom. The molecular formula is C11H18N4. The topological polar surface area (TPSA) is 33.1 Å². The highest BCUT2D eigenvalue weighted by molar-refractivity contribution is 5.30. The quantitative estimate of drug-likeness (QED) is 0.578. The van der Waals surface area contributed by atoms with Gasteiger partial charge in [-0.25, -0.2) is 4.98 Å². The van der Waals surface area contributed by atoms with Crippen LogP contribution in [0.4, 0.5) is 5.95 Å². The van der Waals surface area contributed by atoms with Crippen molar-refractivity contribution in [2.75, 3.05) is 25.5 Å². The molecule has 15 heavy (non-hydrogen) atoms. The molecule has 0 spiro atoms. The van der Waals surface area contributed by atoms with Gasteiger partial charge in [-0.3, -0.25) is 0 Å². The molecule has 82 valence electrons. The van der Waals surface area contributed by atoms with Crippen LogP contribution in [0.2, 0.25) is 0 Å². The van der Waals surface area contributed by atoms with E-state index in [1.807, 2.05) is 39.2 Å². The van der Waals surface area contributed by atoms with Crippen molar-refractivity contribution in [1.82, 2.24) is 14.9 Å². The highest BCUT2D eigenvalue weighted by Gasteiger charge is 2.06. The Balaban J connectivity index is 2.57. The summed E-state index contributed by atoms with van der Waals surface area (Å²) in [5.74, 6) is 6.78. The third kappa shape index (κ3) is 3.00. The molecule has 1 aromatic heterocycles. The Kier molecular flexibility index (Phi) is 4.19. The summed E-state index contributed by atoms with van der Waals surface area (Å²) >= 11 is 0. The highest BCUT2D eigenvalue weighted by atomic mass is 15.3.